The molecule has 0 radical (unpaired) electrons. The Morgan fingerprint density at radius 3 is 2.20 bits per heavy atom. The minimum absolute atomic E-state index is 0.0109. The Hall–Kier alpha value is -2.00. The number of aromatic nitrogens is 1. The van der Waals surface area contributed by atoms with Crippen LogP contribution in [0, 0.1) is 11.8 Å². The molecule has 0 aliphatic rings. The highest BCUT2D eigenvalue weighted by Gasteiger charge is 2.37. The fraction of sp³-hybridized carbons (Fsp3) is 0.769. The number of likely N-dealkylation sites (N-methyl/N-ethyl adjacent to an activating group) is 2. The fourth-order valence-corrected chi connectivity index (χ4v) is 4.60. The number of hydrogen-bond donors (Lipinski definition) is 1. The summed E-state index contributed by atoms with van der Waals surface area (Å²) in [6.07, 6.45) is 1.46. The van der Waals surface area contributed by atoms with Crippen molar-refractivity contribution >= 4 is 29.1 Å². The third kappa shape index (κ3) is 8.00. The fourth-order valence-electron chi connectivity index (χ4n) is 3.74. The van der Waals surface area contributed by atoms with Crippen molar-refractivity contribution in [1.82, 2.24) is 20.1 Å². The molecule has 0 spiro atoms. The molecule has 0 bridgehead atoms. The first-order valence-electron chi connectivity index (χ1n) is 12.6. The van der Waals surface area contributed by atoms with Crippen molar-refractivity contribution in [2.75, 3.05) is 27.7 Å². The summed E-state index contributed by atoms with van der Waals surface area (Å²) in [5.41, 5.74) is -0.412. The van der Waals surface area contributed by atoms with Crippen LogP contribution in [0.1, 0.15) is 89.6 Å². The molecule has 1 rings (SSSR count). The first-order chi connectivity index (χ1) is 16.2. The van der Waals surface area contributed by atoms with Crippen LogP contribution in [-0.4, -0.2) is 77.9 Å². The zero-order chi connectivity index (χ0) is 27.1. The number of nitrogens with zero attached hydrogens (tertiary/aromatic N) is 3. The molecule has 2 amide bonds. The van der Waals surface area contributed by atoms with Gasteiger partial charge in [-0.15, -0.1) is 11.3 Å². The summed E-state index contributed by atoms with van der Waals surface area (Å²) < 4.78 is 5.05. The van der Waals surface area contributed by atoms with E-state index in [-0.39, 0.29) is 35.6 Å². The molecular weight excluding hydrogens is 464 g/mol. The van der Waals surface area contributed by atoms with E-state index in [1.807, 2.05) is 53.7 Å². The van der Waals surface area contributed by atoms with E-state index in [1.165, 1.54) is 11.3 Å². The highest BCUT2D eigenvalue weighted by atomic mass is 32.1. The minimum Gasteiger partial charge on any atom is -0.461 e. The number of nitrogens with one attached hydrogen (secondary N) is 1. The Kier molecular flexibility index (Phi) is 11.8. The van der Waals surface area contributed by atoms with Crippen molar-refractivity contribution in [3.05, 3.63) is 16.1 Å². The number of hydrogen-bond acceptors (Lipinski definition) is 7. The van der Waals surface area contributed by atoms with Crippen LogP contribution in [0.3, 0.4) is 0 Å². The highest BCUT2D eigenvalue weighted by molar-refractivity contribution is 7.09. The Labute approximate surface area is 215 Å². The molecule has 1 heterocycles. The molecule has 8 nitrogen and oxygen atoms in total. The molecule has 0 aromatic carbocycles. The first kappa shape index (κ1) is 31.0. The summed E-state index contributed by atoms with van der Waals surface area (Å²) in [7, 11) is 5.53. The molecule has 4 atom stereocenters. The van der Waals surface area contributed by atoms with E-state index in [1.54, 1.807) is 17.2 Å². The number of thiazole rings is 1. The van der Waals surface area contributed by atoms with Gasteiger partial charge in [-0.05, 0) is 53.1 Å². The van der Waals surface area contributed by atoms with Crippen molar-refractivity contribution in [1.29, 1.82) is 0 Å². The molecule has 0 aliphatic carbocycles. The van der Waals surface area contributed by atoms with Crippen LogP contribution in [0.2, 0.25) is 0 Å². The molecule has 0 fully saturated rings. The summed E-state index contributed by atoms with van der Waals surface area (Å²) in [6.45, 7) is 16.1. The van der Waals surface area contributed by atoms with Gasteiger partial charge < -0.3 is 15.0 Å². The summed E-state index contributed by atoms with van der Waals surface area (Å²) in [5, 5.41) is 5.62. The lowest BCUT2D eigenvalue weighted by atomic mass is 9.90. The van der Waals surface area contributed by atoms with E-state index in [4.69, 9.17) is 4.74 Å². The number of ether oxygens (including phenoxy) is 1. The van der Waals surface area contributed by atoms with Gasteiger partial charge in [0.15, 0.2) is 5.69 Å². The molecule has 35 heavy (non-hydrogen) atoms. The van der Waals surface area contributed by atoms with Crippen LogP contribution in [0.4, 0.5) is 0 Å². The van der Waals surface area contributed by atoms with Crippen LogP contribution in [0.5, 0.6) is 0 Å². The Morgan fingerprint density at radius 1 is 1.11 bits per heavy atom. The van der Waals surface area contributed by atoms with Gasteiger partial charge in [0.2, 0.25) is 11.8 Å². The van der Waals surface area contributed by atoms with E-state index in [9.17, 15) is 14.4 Å². The zero-order valence-corrected chi connectivity index (χ0v) is 24.3. The van der Waals surface area contributed by atoms with Gasteiger partial charge in [0.25, 0.3) is 0 Å². The third-order valence-electron chi connectivity index (χ3n) is 7.08. The van der Waals surface area contributed by atoms with E-state index >= 15 is 0 Å². The summed E-state index contributed by atoms with van der Waals surface area (Å²) in [5.74, 6) is -0.429. The highest BCUT2D eigenvalue weighted by Crippen LogP contribution is 2.29. The lowest BCUT2D eigenvalue weighted by Crippen LogP contribution is -2.60. The van der Waals surface area contributed by atoms with Gasteiger partial charge in [-0.1, -0.05) is 41.0 Å². The number of carbonyl (C=O) groups is 3. The van der Waals surface area contributed by atoms with Gasteiger partial charge in [0.1, 0.15) is 6.04 Å². The number of carbonyl (C=O) groups excluding carboxylic acids is 3. The van der Waals surface area contributed by atoms with Crippen molar-refractivity contribution in [3.63, 3.8) is 0 Å². The quantitative estimate of drug-likeness (QED) is 0.401. The van der Waals surface area contributed by atoms with Gasteiger partial charge in [-0.3, -0.25) is 14.5 Å². The molecule has 1 aromatic heterocycles. The van der Waals surface area contributed by atoms with Crippen LogP contribution in [0.15, 0.2) is 5.38 Å². The zero-order valence-electron chi connectivity index (χ0n) is 23.5. The largest absolute Gasteiger partial charge is 0.461 e. The lowest BCUT2D eigenvalue weighted by molar-refractivity contribution is -0.142. The van der Waals surface area contributed by atoms with E-state index < -0.39 is 17.6 Å². The van der Waals surface area contributed by atoms with Crippen molar-refractivity contribution in [3.8, 4) is 0 Å². The average Bonchev–Trinajstić information content (AvgIpc) is 3.29. The molecule has 0 saturated heterocycles. The molecule has 0 aliphatic heterocycles. The molecular formula is C26H46N4O4S. The van der Waals surface area contributed by atoms with E-state index in [2.05, 4.69) is 31.1 Å². The van der Waals surface area contributed by atoms with Crippen LogP contribution < -0.4 is 5.32 Å². The lowest BCUT2D eigenvalue weighted by Gasteiger charge is -2.38. The van der Waals surface area contributed by atoms with Crippen LogP contribution in [0.25, 0.3) is 0 Å². The van der Waals surface area contributed by atoms with Crippen LogP contribution in [-0.2, 0) is 14.3 Å². The smallest absolute Gasteiger partial charge is 0.357 e. The maximum absolute atomic E-state index is 13.7. The Bertz CT molecular complexity index is 852. The molecule has 1 N–H and O–H groups in total. The van der Waals surface area contributed by atoms with Gasteiger partial charge in [0, 0.05) is 24.4 Å². The topological polar surface area (TPSA) is 91.8 Å². The summed E-state index contributed by atoms with van der Waals surface area (Å²) in [4.78, 5) is 46.9. The molecule has 0 saturated carbocycles. The second-order valence-corrected chi connectivity index (χ2v) is 11.4. The third-order valence-corrected chi connectivity index (χ3v) is 8.15. The Balaban J connectivity index is 3.09. The summed E-state index contributed by atoms with van der Waals surface area (Å²) in [6, 6.07) is -0.665. The molecule has 1 aromatic rings. The monoisotopic (exact) mass is 510 g/mol. The SMILES string of the molecule is CCOC(=O)c1csc([C@H](C)C[C@H](C(C)C)N(C)C(=O)[C@@H](NC(=O)C(C)(C)N(C)C)[C@@H](C)CC)n1. The normalized spacial score (nSPS) is 15.5. The second kappa shape index (κ2) is 13.3. The summed E-state index contributed by atoms with van der Waals surface area (Å²) >= 11 is 1.44. The predicted molar refractivity (Wildman–Crippen MR) is 142 cm³/mol. The number of rotatable bonds is 13. The van der Waals surface area contributed by atoms with Crippen molar-refractivity contribution in [2.24, 2.45) is 11.8 Å². The van der Waals surface area contributed by atoms with Crippen molar-refractivity contribution < 1.29 is 19.1 Å². The van der Waals surface area contributed by atoms with E-state index in [0.29, 0.717) is 18.7 Å². The molecule has 9 heteroatoms. The molecule has 0 unspecified atom stereocenters. The Morgan fingerprint density at radius 2 is 1.71 bits per heavy atom. The number of amides is 2. The van der Waals surface area contributed by atoms with Crippen LogP contribution >= 0.6 is 11.3 Å². The predicted octanol–water partition coefficient (Wildman–Crippen LogP) is 4.17. The van der Waals surface area contributed by atoms with Gasteiger partial charge in [-0.2, -0.15) is 0 Å². The van der Waals surface area contributed by atoms with E-state index in [0.717, 1.165) is 11.4 Å². The van der Waals surface area contributed by atoms with Gasteiger partial charge in [0.05, 0.1) is 17.2 Å². The second-order valence-electron chi connectivity index (χ2n) is 10.5. The average molecular weight is 511 g/mol. The van der Waals surface area contributed by atoms with Crippen molar-refractivity contribution in [2.45, 2.75) is 91.8 Å². The standard InChI is InChI=1S/C26H46N4O4S/c1-12-17(5)21(28-25(33)26(7,8)29(9)10)23(31)30(11)20(16(3)4)14-18(6)22-27-19(15-35-22)24(32)34-13-2/h15-18,20-21H,12-14H2,1-11H3,(H,28,33)/t17-,18+,20+,21-/m0/s1. The van der Waals surface area contributed by atoms with Gasteiger partial charge >= 0.3 is 5.97 Å². The van der Waals surface area contributed by atoms with Gasteiger partial charge in [-0.25, -0.2) is 9.78 Å². The maximum Gasteiger partial charge on any atom is 0.357 e. The first-order valence-corrected chi connectivity index (χ1v) is 13.4. The molecule has 200 valence electrons. The maximum atomic E-state index is 13.7. The number of esters is 1. The minimum atomic E-state index is -0.738.